The Morgan fingerprint density at radius 2 is 1.38 bits per heavy atom. The van der Waals surface area contributed by atoms with Crippen LogP contribution in [-0.2, 0) is 0 Å². The highest BCUT2D eigenvalue weighted by Crippen LogP contribution is 2.44. The normalized spacial score (nSPS) is 15.6. The van der Waals surface area contributed by atoms with Gasteiger partial charge in [-0.3, -0.25) is 4.49 Å². The van der Waals surface area contributed by atoms with Crippen LogP contribution in [0.15, 0.2) is 112 Å². The predicted molar refractivity (Wildman–Crippen MR) is 148 cm³/mol. The Morgan fingerprint density at radius 3 is 2.03 bits per heavy atom. The minimum atomic E-state index is -4.38. The fraction of sp³-hybridized carbons (Fsp3) is 0.0357. The van der Waals surface area contributed by atoms with Gasteiger partial charge < -0.3 is 22.6 Å². The first-order valence-corrected chi connectivity index (χ1v) is 13.2. The van der Waals surface area contributed by atoms with Gasteiger partial charge in [0.25, 0.3) is 0 Å². The van der Waals surface area contributed by atoms with Gasteiger partial charge in [-0.25, -0.2) is 0 Å². The van der Waals surface area contributed by atoms with Gasteiger partial charge in [-0.15, -0.1) is 0 Å². The average molecular weight is 624 g/mol. The number of aromatic nitrogens is 1. The molecule has 3 heterocycles. The number of ether oxygens (including phenoxy) is 2. The summed E-state index contributed by atoms with van der Waals surface area (Å²) in [6.45, 7) is -2.39. The van der Waals surface area contributed by atoms with Crippen molar-refractivity contribution < 1.29 is 22.6 Å². The van der Waals surface area contributed by atoms with Gasteiger partial charge >= 0.3 is 12.9 Å². The van der Waals surface area contributed by atoms with Crippen molar-refractivity contribution in [2.45, 2.75) is 6.92 Å². The van der Waals surface area contributed by atoms with Crippen molar-refractivity contribution in [2.24, 2.45) is 0 Å². The van der Waals surface area contributed by atoms with E-state index in [2.05, 4.69) is 31.9 Å². The van der Waals surface area contributed by atoms with Crippen LogP contribution < -0.4 is 9.47 Å². The number of hydrogen-bond donors (Lipinski definition) is 0. The highest BCUT2D eigenvalue weighted by molar-refractivity contribution is 9.10. The first-order chi connectivity index (χ1) is 17.8. The van der Waals surface area contributed by atoms with Crippen molar-refractivity contribution in [3.8, 4) is 17.4 Å². The zero-order chi connectivity index (χ0) is 25.7. The third kappa shape index (κ3) is 4.06. The van der Waals surface area contributed by atoms with Crippen LogP contribution in [0.5, 0.6) is 17.4 Å². The van der Waals surface area contributed by atoms with Crippen LogP contribution in [0.25, 0.3) is 5.57 Å². The molecule has 0 aliphatic carbocycles. The number of aryl methyl sites for hydroxylation is 1. The Labute approximate surface area is 229 Å². The molecule has 0 N–H and O–H groups in total. The van der Waals surface area contributed by atoms with E-state index in [1.807, 2.05) is 43.3 Å². The maximum Gasteiger partial charge on any atom is 0.742 e. The number of rotatable bonds is 4. The Kier molecular flexibility index (Phi) is 5.92. The first-order valence-electron chi connectivity index (χ1n) is 11.6. The van der Waals surface area contributed by atoms with E-state index in [1.54, 1.807) is 60.7 Å². The number of para-hydroxylation sites is 2. The molecule has 184 valence electrons. The van der Waals surface area contributed by atoms with E-state index in [9.17, 15) is 0 Å². The molecule has 0 amide bonds. The lowest BCUT2D eigenvalue weighted by atomic mass is 9.86. The second-order valence-electron chi connectivity index (χ2n) is 8.75. The molecule has 1 aromatic heterocycles. The highest BCUT2D eigenvalue weighted by atomic mass is 79.9. The van der Waals surface area contributed by atoms with Crippen LogP contribution in [0.2, 0.25) is 0 Å². The first kappa shape index (κ1) is 23.9. The fourth-order valence-corrected chi connectivity index (χ4v) is 5.35. The second-order valence-corrected chi connectivity index (χ2v) is 10.5. The summed E-state index contributed by atoms with van der Waals surface area (Å²) in [6, 6.07) is 25.4. The highest BCUT2D eigenvalue weighted by Gasteiger charge is 2.56. The largest absolute Gasteiger partial charge is 0.742 e. The fourth-order valence-electron chi connectivity index (χ4n) is 4.62. The van der Waals surface area contributed by atoms with Crippen molar-refractivity contribution in [3.63, 3.8) is 0 Å². The number of benzene rings is 3. The lowest BCUT2D eigenvalue weighted by molar-refractivity contribution is -0.370. The van der Waals surface area contributed by atoms with Gasteiger partial charge in [0.05, 0.1) is 20.6 Å². The van der Waals surface area contributed by atoms with Crippen LogP contribution in [0.3, 0.4) is 0 Å². The zero-order valence-corrected chi connectivity index (χ0v) is 22.7. The molecule has 0 spiro atoms. The molecule has 37 heavy (non-hydrogen) atoms. The summed E-state index contributed by atoms with van der Waals surface area (Å²) in [5.74, 6) is 0.940. The topological polar surface area (TPSA) is 26.4 Å². The molecule has 2 aliphatic rings. The minimum Gasteiger partial charge on any atom is -0.443 e. The molecule has 0 bridgehead atoms. The molecule has 4 aromatic rings. The Balaban J connectivity index is 1.57. The predicted octanol–water partition coefficient (Wildman–Crippen LogP) is 8.17. The molecule has 3 aromatic carbocycles. The van der Waals surface area contributed by atoms with E-state index in [-0.39, 0.29) is 11.8 Å². The van der Waals surface area contributed by atoms with Gasteiger partial charge in [0.15, 0.2) is 11.6 Å². The van der Waals surface area contributed by atoms with Gasteiger partial charge in [0, 0.05) is 11.8 Å². The second kappa shape index (κ2) is 9.15. The molecule has 9 heteroatoms. The number of fused-ring (bicyclic) bond motifs is 2. The van der Waals surface area contributed by atoms with Gasteiger partial charge in [-0.05, 0) is 80.7 Å². The molecule has 0 radical (unpaired) electrons. The summed E-state index contributed by atoms with van der Waals surface area (Å²) in [5.41, 5.74) is 3.30. The van der Waals surface area contributed by atoms with E-state index >= 15 is 8.63 Å². The van der Waals surface area contributed by atoms with Crippen molar-refractivity contribution in [1.29, 1.82) is 0 Å². The number of halogens is 4. The molecule has 0 unspecified atom stereocenters. The van der Waals surface area contributed by atoms with Crippen LogP contribution >= 0.6 is 31.9 Å². The van der Waals surface area contributed by atoms with Gasteiger partial charge in [0.2, 0.25) is 0 Å². The third-order valence-electron chi connectivity index (χ3n) is 6.34. The van der Waals surface area contributed by atoms with Crippen LogP contribution in [0, 0.1) is 6.92 Å². The van der Waals surface area contributed by atoms with E-state index in [0.29, 0.717) is 37.4 Å². The van der Waals surface area contributed by atoms with Crippen molar-refractivity contribution in [2.75, 3.05) is 0 Å². The summed E-state index contributed by atoms with van der Waals surface area (Å²) in [7, 11) is 0. The van der Waals surface area contributed by atoms with Crippen LogP contribution in [-0.4, -0.2) is 21.8 Å². The molecular formula is C28H19BBr2F2N2O2. The third-order valence-corrected chi connectivity index (χ3v) is 7.65. The summed E-state index contributed by atoms with van der Waals surface area (Å²) in [5, 5.41) is 0. The molecule has 0 fully saturated rings. The van der Waals surface area contributed by atoms with Crippen molar-refractivity contribution >= 4 is 50.3 Å². The summed E-state index contributed by atoms with van der Waals surface area (Å²) < 4.78 is 48.4. The lowest BCUT2D eigenvalue weighted by Gasteiger charge is -2.32. The molecule has 0 saturated heterocycles. The van der Waals surface area contributed by atoms with E-state index in [4.69, 9.17) is 9.47 Å². The van der Waals surface area contributed by atoms with Crippen molar-refractivity contribution in [3.05, 3.63) is 129 Å². The monoisotopic (exact) mass is 622 g/mol. The average Bonchev–Trinajstić information content (AvgIpc) is 3.49. The lowest BCUT2D eigenvalue weighted by Crippen LogP contribution is -2.51. The number of hydrogen-bond acceptors (Lipinski definition) is 2. The summed E-state index contributed by atoms with van der Waals surface area (Å²) in [6.07, 6.45) is 3.27. The number of allylic oxidation sites excluding steroid dienone is 1. The quantitative estimate of drug-likeness (QED) is 0.214. The van der Waals surface area contributed by atoms with Crippen LogP contribution in [0.1, 0.15) is 16.8 Å². The zero-order valence-electron chi connectivity index (χ0n) is 19.5. The number of nitrogens with zero attached hydrogens (tertiary/aromatic N) is 2. The minimum absolute atomic E-state index is 0.0303. The van der Waals surface area contributed by atoms with Gasteiger partial charge in [-0.2, -0.15) is 0 Å². The standard InChI is InChI=1S/C28H19BBr2F2N2O2/c1-18-10-12-19(13-11-18)28-22-14-16-26(36-24-8-4-2-6-20(24)30)34(22)29(32,33)35-23(28)15-17-27(35)37-25-9-5-3-7-21(25)31/h2-17H,1H3. The molecular weight excluding hydrogens is 605 g/mol. The summed E-state index contributed by atoms with van der Waals surface area (Å²) in [4.78, 5) is 0. The van der Waals surface area contributed by atoms with Gasteiger partial charge in [-0.1, -0.05) is 54.1 Å². The Morgan fingerprint density at radius 1 is 0.757 bits per heavy atom. The molecule has 4 nitrogen and oxygen atoms in total. The maximum atomic E-state index is 16.5. The van der Waals surface area contributed by atoms with Gasteiger partial charge in [0.1, 0.15) is 11.5 Å². The van der Waals surface area contributed by atoms with Crippen LogP contribution in [0.4, 0.5) is 8.63 Å². The van der Waals surface area contributed by atoms with E-state index in [0.717, 1.165) is 20.1 Å². The Bertz CT molecular complexity index is 1640. The van der Waals surface area contributed by atoms with Crippen molar-refractivity contribution in [1.82, 2.24) is 4.48 Å². The molecule has 2 aliphatic heterocycles. The Hall–Kier alpha value is -3.43. The maximum absolute atomic E-state index is 16.5. The summed E-state index contributed by atoms with van der Waals surface area (Å²) >= 11 is 6.89. The smallest absolute Gasteiger partial charge is 0.443 e. The molecule has 0 atom stereocenters. The molecule has 6 rings (SSSR count). The SMILES string of the molecule is Cc1ccc(C2=C3C=CC(Oc4ccccc4Br)=[N+]3[B-](F)(F)n3c(Oc4ccccc4Br)ccc32)cc1. The van der Waals surface area contributed by atoms with E-state index in [1.165, 1.54) is 0 Å². The van der Waals surface area contributed by atoms with E-state index < -0.39 is 6.97 Å². The molecule has 0 saturated carbocycles.